The molecular weight excluding hydrogens is 238 g/mol. The van der Waals surface area contributed by atoms with Gasteiger partial charge < -0.3 is 10.2 Å². The monoisotopic (exact) mass is 251 g/mol. The smallest absolute Gasteiger partial charge is 0.337 e. The maximum absolute atomic E-state index is 11.6. The van der Waals surface area contributed by atoms with Crippen molar-refractivity contribution in [2.45, 2.75) is 31.1 Å². The molecule has 0 aromatic rings. The largest absolute Gasteiger partial charge is 0.479 e. The molecule has 0 spiro atoms. The van der Waals surface area contributed by atoms with Gasteiger partial charge in [-0.3, -0.25) is 4.79 Å². The zero-order chi connectivity index (χ0) is 12.9. The van der Waals surface area contributed by atoms with Crippen LogP contribution in [-0.4, -0.2) is 51.7 Å². The van der Waals surface area contributed by atoms with Gasteiger partial charge in [0.1, 0.15) is 0 Å². The number of β-amino-alcohol motifs (C(OH)–C–C–N with tert-alkyl or cyclic N) is 1. The lowest BCUT2D eigenvalue weighted by Gasteiger charge is -2.44. The van der Waals surface area contributed by atoms with Gasteiger partial charge in [-0.15, -0.1) is 0 Å². The Kier molecular flexibility index (Phi) is 2.56. The number of hydrogen-bond acceptors (Lipinski definition) is 5. The first-order chi connectivity index (χ1) is 6.94. The molecule has 8 heteroatoms. The number of nitrogens with zero attached hydrogens (tertiary/aromatic N) is 1. The van der Waals surface area contributed by atoms with E-state index >= 15 is 0 Å². The molecule has 1 aliphatic heterocycles. The van der Waals surface area contributed by atoms with Gasteiger partial charge in [0.25, 0.3) is 15.9 Å². The van der Waals surface area contributed by atoms with E-state index in [-0.39, 0.29) is 0 Å². The number of carboxylic acids is 1. The molecule has 0 radical (unpaired) electrons. The van der Waals surface area contributed by atoms with Crippen LogP contribution in [0, 0.1) is 0 Å². The highest BCUT2D eigenvalue weighted by Gasteiger charge is 2.61. The van der Waals surface area contributed by atoms with Crippen LogP contribution in [0.4, 0.5) is 0 Å². The Hall–Kier alpha value is -1.15. The number of hydrogen-bond donors (Lipinski definition) is 2. The van der Waals surface area contributed by atoms with Crippen molar-refractivity contribution in [3.8, 4) is 0 Å². The topological polar surface area (TPSA) is 112 Å². The molecule has 0 bridgehead atoms. The van der Waals surface area contributed by atoms with E-state index in [0.29, 0.717) is 4.31 Å². The van der Waals surface area contributed by atoms with Gasteiger partial charge in [0.15, 0.2) is 10.3 Å². The normalized spacial score (nSPS) is 25.8. The minimum Gasteiger partial charge on any atom is -0.479 e. The third-order valence-corrected chi connectivity index (χ3v) is 4.93. The second-order valence-corrected chi connectivity index (χ2v) is 6.82. The number of rotatable bonds is 3. The Balaban J connectivity index is 2.97. The summed E-state index contributed by atoms with van der Waals surface area (Å²) in [5.41, 5.74) is -2.28. The van der Waals surface area contributed by atoms with Crippen LogP contribution in [0.1, 0.15) is 20.8 Å². The molecule has 0 saturated carbocycles. The SMILES string of the molecule is CC(O)(CN1C(=O)C(C)(C)S1(=O)=O)C(=O)O. The van der Waals surface area contributed by atoms with Gasteiger partial charge in [-0.2, -0.15) is 0 Å². The zero-order valence-corrected chi connectivity index (χ0v) is 9.91. The lowest BCUT2D eigenvalue weighted by molar-refractivity contribution is -0.159. The average molecular weight is 251 g/mol. The molecular formula is C8H13NO6S. The molecule has 1 aliphatic rings. The summed E-state index contributed by atoms with van der Waals surface area (Å²) in [6, 6.07) is 0. The summed E-state index contributed by atoms with van der Waals surface area (Å²) in [7, 11) is -3.86. The van der Waals surface area contributed by atoms with E-state index in [0.717, 1.165) is 6.92 Å². The van der Waals surface area contributed by atoms with E-state index in [2.05, 4.69) is 0 Å². The van der Waals surface area contributed by atoms with E-state index in [1.165, 1.54) is 13.8 Å². The molecule has 1 atom stereocenters. The number of sulfonamides is 1. The fraction of sp³-hybridized carbons (Fsp3) is 0.750. The molecule has 1 saturated heterocycles. The predicted octanol–water partition coefficient (Wildman–Crippen LogP) is -1.23. The summed E-state index contributed by atoms with van der Waals surface area (Å²) in [6.45, 7) is 2.63. The fourth-order valence-electron chi connectivity index (χ4n) is 1.26. The first-order valence-electron chi connectivity index (χ1n) is 4.47. The van der Waals surface area contributed by atoms with Crippen LogP contribution in [0.2, 0.25) is 0 Å². The van der Waals surface area contributed by atoms with Crippen LogP contribution in [-0.2, 0) is 19.6 Å². The van der Waals surface area contributed by atoms with Crippen molar-refractivity contribution in [2.24, 2.45) is 0 Å². The highest BCUT2D eigenvalue weighted by Crippen LogP contribution is 2.35. The summed E-state index contributed by atoms with van der Waals surface area (Å²) in [5.74, 6) is -2.30. The van der Waals surface area contributed by atoms with Crippen LogP contribution < -0.4 is 0 Å². The first kappa shape index (κ1) is 12.9. The van der Waals surface area contributed by atoms with Crippen LogP contribution >= 0.6 is 0 Å². The molecule has 1 amide bonds. The molecule has 1 heterocycles. The summed E-state index contributed by atoms with van der Waals surface area (Å²) in [5, 5.41) is 18.0. The third kappa shape index (κ3) is 1.49. The summed E-state index contributed by atoms with van der Waals surface area (Å²) < 4.78 is 22.0. The molecule has 0 aliphatic carbocycles. The molecule has 1 rings (SSSR count). The molecule has 1 unspecified atom stereocenters. The van der Waals surface area contributed by atoms with Crippen LogP contribution in [0.25, 0.3) is 0 Å². The lowest BCUT2D eigenvalue weighted by atomic mass is 10.1. The number of amides is 1. The minimum absolute atomic E-state index is 0.390. The first-order valence-corrected chi connectivity index (χ1v) is 5.91. The number of aliphatic carboxylic acids is 1. The third-order valence-electron chi connectivity index (χ3n) is 2.59. The van der Waals surface area contributed by atoms with Crippen LogP contribution in [0.5, 0.6) is 0 Å². The number of carbonyl (C=O) groups is 2. The Labute approximate surface area is 92.7 Å². The van der Waals surface area contributed by atoms with Crippen molar-refractivity contribution in [1.82, 2.24) is 4.31 Å². The molecule has 0 aromatic carbocycles. The summed E-state index contributed by atoms with van der Waals surface area (Å²) in [4.78, 5) is 22.0. The van der Waals surface area contributed by atoms with E-state index in [9.17, 15) is 23.1 Å². The van der Waals surface area contributed by atoms with Gasteiger partial charge in [0.2, 0.25) is 0 Å². The molecule has 7 nitrogen and oxygen atoms in total. The van der Waals surface area contributed by atoms with Gasteiger partial charge in [-0.25, -0.2) is 17.5 Å². The minimum atomic E-state index is -3.86. The zero-order valence-electron chi connectivity index (χ0n) is 9.09. The Bertz CT molecular complexity index is 449. The predicted molar refractivity (Wildman–Crippen MR) is 53.0 cm³/mol. The van der Waals surface area contributed by atoms with Crippen molar-refractivity contribution < 1.29 is 28.2 Å². The van der Waals surface area contributed by atoms with Crippen molar-refractivity contribution in [3.63, 3.8) is 0 Å². The second-order valence-electron chi connectivity index (χ2n) is 4.41. The Morgan fingerprint density at radius 2 is 1.94 bits per heavy atom. The molecule has 0 aromatic heterocycles. The van der Waals surface area contributed by atoms with E-state index in [4.69, 9.17) is 5.11 Å². The van der Waals surface area contributed by atoms with E-state index in [1.807, 2.05) is 0 Å². The molecule has 2 N–H and O–H groups in total. The van der Waals surface area contributed by atoms with Crippen LogP contribution in [0.15, 0.2) is 0 Å². The highest BCUT2D eigenvalue weighted by atomic mass is 32.2. The van der Waals surface area contributed by atoms with Crippen molar-refractivity contribution in [1.29, 1.82) is 0 Å². The highest BCUT2D eigenvalue weighted by molar-refractivity contribution is 7.94. The quantitative estimate of drug-likeness (QED) is 0.649. The van der Waals surface area contributed by atoms with E-state index < -0.39 is 38.8 Å². The molecule has 1 fully saturated rings. The van der Waals surface area contributed by atoms with Crippen LogP contribution in [0.3, 0.4) is 0 Å². The van der Waals surface area contributed by atoms with Gasteiger partial charge in [-0.05, 0) is 20.8 Å². The van der Waals surface area contributed by atoms with Crippen molar-refractivity contribution in [2.75, 3.05) is 6.54 Å². The Morgan fingerprint density at radius 3 is 2.25 bits per heavy atom. The van der Waals surface area contributed by atoms with Gasteiger partial charge in [0.05, 0.1) is 6.54 Å². The molecule has 16 heavy (non-hydrogen) atoms. The van der Waals surface area contributed by atoms with Crippen molar-refractivity contribution >= 4 is 21.9 Å². The molecule has 92 valence electrons. The number of carboxylic acid groups (broad SMARTS) is 1. The summed E-state index contributed by atoms with van der Waals surface area (Å²) in [6.07, 6.45) is 0. The van der Waals surface area contributed by atoms with Gasteiger partial charge >= 0.3 is 5.97 Å². The number of aliphatic hydroxyl groups is 1. The van der Waals surface area contributed by atoms with Gasteiger partial charge in [0, 0.05) is 0 Å². The standard InChI is InChI=1S/C8H13NO6S/c1-7(2)5(10)9(16(7,14)15)4-8(3,13)6(11)12/h13H,4H2,1-3H3,(H,11,12). The summed E-state index contributed by atoms with van der Waals surface area (Å²) >= 11 is 0. The fourth-order valence-corrected chi connectivity index (χ4v) is 2.88. The maximum atomic E-state index is 11.6. The number of carbonyl (C=O) groups excluding carboxylic acids is 1. The average Bonchev–Trinajstić information content (AvgIpc) is 2.12. The Morgan fingerprint density at radius 1 is 1.50 bits per heavy atom. The van der Waals surface area contributed by atoms with Gasteiger partial charge in [-0.1, -0.05) is 0 Å². The van der Waals surface area contributed by atoms with Crippen molar-refractivity contribution in [3.05, 3.63) is 0 Å². The lowest BCUT2D eigenvalue weighted by Crippen LogP contribution is -2.70. The second kappa shape index (κ2) is 3.17. The van der Waals surface area contributed by atoms with E-state index in [1.54, 1.807) is 0 Å². The maximum Gasteiger partial charge on any atom is 0.337 e.